The molecule has 1 saturated heterocycles. The van der Waals surface area contributed by atoms with Crippen molar-refractivity contribution in [3.63, 3.8) is 0 Å². The van der Waals surface area contributed by atoms with Crippen LogP contribution in [-0.2, 0) is 0 Å². The summed E-state index contributed by atoms with van der Waals surface area (Å²) >= 11 is 2.49. The van der Waals surface area contributed by atoms with Gasteiger partial charge in [0.25, 0.3) is 0 Å². The molecule has 0 spiro atoms. The fourth-order valence-electron chi connectivity index (χ4n) is 9.18. The molecule has 1 heterocycles. The average molecular weight is 486 g/mol. The Morgan fingerprint density at radius 2 is 1.50 bits per heavy atom. The van der Waals surface area contributed by atoms with Crippen molar-refractivity contribution >= 4 is 11.8 Å². The Labute approximate surface area is 216 Å². The molecule has 6 unspecified atom stereocenters. The summed E-state index contributed by atoms with van der Waals surface area (Å²) in [5.74, 6) is 3.80. The quantitative estimate of drug-likeness (QED) is 0.345. The van der Waals surface area contributed by atoms with Gasteiger partial charge in [-0.25, -0.2) is 0 Å². The molecule has 0 amide bonds. The molecule has 0 aromatic heterocycles. The molecule has 0 aromatic rings. The van der Waals surface area contributed by atoms with Crippen molar-refractivity contribution in [2.75, 3.05) is 0 Å². The van der Waals surface area contributed by atoms with Gasteiger partial charge in [-0.15, -0.1) is 0 Å². The molecule has 6 atom stereocenters. The zero-order valence-electron chi connectivity index (χ0n) is 22.9. The Kier molecular flexibility index (Phi) is 9.11. The smallest absolute Gasteiger partial charge is 0.0221 e. The van der Waals surface area contributed by atoms with E-state index in [9.17, 15) is 0 Å². The number of hydrogen-bond acceptors (Lipinski definition) is 2. The summed E-state index contributed by atoms with van der Waals surface area (Å²) in [5.41, 5.74) is 1.89. The lowest BCUT2D eigenvalue weighted by molar-refractivity contribution is 0.00309. The summed E-state index contributed by atoms with van der Waals surface area (Å²) < 4.78 is 0. The lowest BCUT2D eigenvalue weighted by Gasteiger charge is -2.58. The van der Waals surface area contributed by atoms with Gasteiger partial charge in [0, 0.05) is 28.6 Å². The van der Waals surface area contributed by atoms with Gasteiger partial charge in [-0.05, 0) is 108 Å². The summed E-state index contributed by atoms with van der Waals surface area (Å²) in [6.07, 6.45) is 29.3. The van der Waals surface area contributed by atoms with Crippen LogP contribution in [0.4, 0.5) is 0 Å². The number of thioether (sulfide) groups is 1. The highest BCUT2D eigenvalue weighted by molar-refractivity contribution is 8.00. The van der Waals surface area contributed by atoms with Crippen LogP contribution in [0.25, 0.3) is 0 Å². The van der Waals surface area contributed by atoms with Gasteiger partial charge in [0.05, 0.1) is 0 Å². The molecule has 0 bridgehead atoms. The maximum absolute atomic E-state index is 3.24. The molecule has 0 N–H and O–H groups in total. The molecule has 5 rings (SSSR count). The lowest BCUT2D eigenvalue weighted by Crippen LogP contribution is -2.63. The van der Waals surface area contributed by atoms with Crippen molar-refractivity contribution in [1.29, 1.82) is 0 Å². The second kappa shape index (κ2) is 12.1. The third kappa shape index (κ3) is 5.64. The highest BCUT2D eigenvalue weighted by atomic mass is 32.2. The third-order valence-corrected chi connectivity index (χ3v) is 12.7. The monoisotopic (exact) mass is 485 g/mol. The van der Waals surface area contributed by atoms with Crippen molar-refractivity contribution in [3.8, 4) is 0 Å². The van der Waals surface area contributed by atoms with Crippen molar-refractivity contribution in [3.05, 3.63) is 11.6 Å². The topological polar surface area (TPSA) is 3.24 Å². The standard InChI is InChI=1S/C32H55NS/c1-4-6-10-24-14-17-27(18-15-24)33-29-19-13-23(3)21-31(29)34-32-22-26(16-20-30(32)33)28(5-2)25-11-8-7-9-12-25/h5,23-27,29-32H,4,6-22H2,1-3H3. The van der Waals surface area contributed by atoms with E-state index in [1.165, 1.54) is 116 Å². The van der Waals surface area contributed by atoms with E-state index in [1.807, 2.05) is 5.57 Å². The lowest BCUT2D eigenvalue weighted by atomic mass is 9.71. The SMILES string of the molecule is CC=C(C1CCCCC1)C1CCC2C(C1)SC1CC(C)CCC1N2C1CCC(CCCC)CC1. The highest BCUT2D eigenvalue weighted by Gasteiger charge is 2.50. The van der Waals surface area contributed by atoms with Gasteiger partial charge in [0.15, 0.2) is 0 Å². The van der Waals surface area contributed by atoms with Crippen LogP contribution >= 0.6 is 11.8 Å². The number of fused-ring (bicyclic) bond motifs is 2. The number of nitrogens with zero attached hydrogens (tertiary/aromatic N) is 1. The molecule has 1 aliphatic heterocycles. The molecular weight excluding hydrogens is 430 g/mol. The van der Waals surface area contributed by atoms with E-state index in [2.05, 4.69) is 43.5 Å². The minimum atomic E-state index is 0.887. The van der Waals surface area contributed by atoms with E-state index in [0.29, 0.717) is 0 Å². The Balaban J connectivity index is 1.29. The van der Waals surface area contributed by atoms with Crippen LogP contribution in [0.15, 0.2) is 11.6 Å². The number of rotatable bonds is 6. The van der Waals surface area contributed by atoms with Gasteiger partial charge >= 0.3 is 0 Å². The minimum absolute atomic E-state index is 0.887. The van der Waals surface area contributed by atoms with Crippen molar-refractivity contribution in [2.24, 2.45) is 23.7 Å². The predicted octanol–water partition coefficient (Wildman–Crippen LogP) is 9.41. The van der Waals surface area contributed by atoms with E-state index in [0.717, 1.165) is 52.3 Å². The minimum Gasteiger partial charge on any atom is -0.292 e. The molecule has 2 heteroatoms. The van der Waals surface area contributed by atoms with Gasteiger partial charge in [0.2, 0.25) is 0 Å². The Bertz CT molecular complexity index is 658. The normalized spacial score (nSPS) is 42.7. The molecule has 5 fully saturated rings. The van der Waals surface area contributed by atoms with Gasteiger partial charge in [0.1, 0.15) is 0 Å². The largest absolute Gasteiger partial charge is 0.292 e. The van der Waals surface area contributed by atoms with Gasteiger partial charge in [-0.1, -0.05) is 64.0 Å². The van der Waals surface area contributed by atoms with Crippen LogP contribution in [-0.4, -0.2) is 33.5 Å². The molecule has 4 saturated carbocycles. The third-order valence-electron chi connectivity index (χ3n) is 11.0. The second-order valence-electron chi connectivity index (χ2n) is 13.2. The molecule has 34 heavy (non-hydrogen) atoms. The Morgan fingerprint density at radius 1 is 0.794 bits per heavy atom. The first kappa shape index (κ1) is 25.7. The molecule has 4 aliphatic carbocycles. The highest BCUT2D eigenvalue weighted by Crippen LogP contribution is 2.52. The van der Waals surface area contributed by atoms with E-state index in [-0.39, 0.29) is 0 Å². The van der Waals surface area contributed by atoms with Crippen LogP contribution in [0.5, 0.6) is 0 Å². The fraction of sp³-hybridized carbons (Fsp3) is 0.938. The van der Waals surface area contributed by atoms with Crippen LogP contribution in [0.1, 0.15) is 136 Å². The molecule has 0 aromatic carbocycles. The first-order valence-corrected chi connectivity index (χ1v) is 16.7. The second-order valence-corrected chi connectivity index (χ2v) is 14.6. The first-order chi connectivity index (χ1) is 16.7. The summed E-state index contributed by atoms with van der Waals surface area (Å²) in [7, 11) is 0. The van der Waals surface area contributed by atoms with Crippen LogP contribution in [0, 0.1) is 23.7 Å². The number of allylic oxidation sites excluding steroid dienone is 2. The fourth-order valence-corrected chi connectivity index (χ4v) is 11.3. The van der Waals surface area contributed by atoms with Crippen molar-refractivity contribution < 1.29 is 0 Å². The predicted molar refractivity (Wildman–Crippen MR) is 151 cm³/mol. The van der Waals surface area contributed by atoms with Gasteiger partial charge in [-0.3, -0.25) is 4.90 Å². The van der Waals surface area contributed by atoms with Crippen LogP contribution in [0.3, 0.4) is 0 Å². The molecular formula is C32H55NS. The number of unbranched alkanes of at least 4 members (excludes halogenated alkanes) is 1. The molecule has 194 valence electrons. The Morgan fingerprint density at radius 3 is 2.21 bits per heavy atom. The zero-order valence-corrected chi connectivity index (χ0v) is 23.7. The maximum atomic E-state index is 3.24. The van der Waals surface area contributed by atoms with E-state index in [4.69, 9.17) is 0 Å². The number of hydrogen-bond donors (Lipinski definition) is 0. The molecule has 1 nitrogen and oxygen atoms in total. The Hall–Kier alpha value is 0.0500. The van der Waals surface area contributed by atoms with E-state index < -0.39 is 0 Å². The zero-order chi connectivity index (χ0) is 23.5. The summed E-state index contributed by atoms with van der Waals surface area (Å²) in [5, 5.41) is 1.83. The van der Waals surface area contributed by atoms with Crippen molar-refractivity contribution in [2.45, 2.75) is 165 Å². The van der Waals surface area contributed by atoms with Crippen LogP contribution < -0.4 is 0 Å². The maximum Gasteiger partial charge on any atom is 0.0221 e. The molecule has 5 aliphatic rings. The van der Waals surface area contributed by atoms with Crippen molar-refractivity contribution in [1.82, 2.24) is 4.90 Å². The summed E-state index contributed by atoms with van der Waals surface area (Å²) in [6.45, 7) is 7.27. The van der Waals surface area contributed by atoms with E-state index >= 15 is 0 Å². The first-order valence-electron chi connectivity index (χ1n) is 15.8. The van der Waals surface area contributed by atoms with E-state index in [1.54, 1.807) is 0 Å². The van der Waals surface area contributed by atoms with Crippen LogP contribution in [0.2, 0.25) is 0 Å². The van der Waals surface area contributed by atoms with Gasteiger partial charge < -0.3 is 0 Å². The molecule has 0 radical (unpaired) electrons. The summed E-state index contributed by atoms with van der Waals surface area (Å²) in [4.78, 5) is 3.24. The average Bonchev–Trinajstić information content (AvgIpc) is 2.87. The summed E-state index contributed by atoms with van der Waals surface area (Å²) in [6, 6.07) is 2.69. The van der Waals surface area contributed by atoms with Gasteiger partial charge in [-0.2, -0.15) is 11.8 Å².